The van der Waals surface area contributed by atoms with Crippen LogP contribution in [0.15, 0.2) is 46.9 Å². The molecule has 0 aliphatic heterocycles. The molecule has 4 rings (SSSR count). The average molecular weight is 372 g/mol. The van der Waals surface area contributed by atoms with Crippen molar-refractivity contribution in [1.82, 2.24) is 0 Å². The smallest absolute Gasteiger partial charge is 0.213 e. The van der Waals surface area contributed by atoms with Crippen molar-refractivity contribution in [2.24, 2.45) is 13.0 Å². The maximum atomic E-state index is 9.38. The summed E-state index contributed by atoms with van der Waals surface area (Å²) in [7, 11) is 2.00. The molecule has 0 bridgehead atoms. The van der Waals surface area contributed by atoms with Crippen molar-refractivity contribution in [2.45, 2.75) is 34.1 Å². The summed E-state index contributed by atoms with van der Waals surface area (Å²) in [5.74, 6) is -0.151. The molecule has 3 nitrogen and oxygen atoms in total. The number of hydrogen-bond donors (Lipinski definition) is 0. The van der Waals surface area contributed by atoms with Crippen molar-refractivity contribution in [3.05, 3.63) is 64.8 Å². The minimum Gasteiger partial charge on any atom is -0.456 e. The first kappa shape index (κ1) is 15.9. The number of hydrogen-bond acceptors (Lipinski definition) is 2. The second kappa shape index (κ2) is 6.80. The minimum atomic E-state index is -1.44. The van der Waals surface area contributed by atoms with Gasteiger partial charge in [-0.05, 0) is 54.6 Å². The van der Waals surface area contributed by atoms with Gasteiger partial charge >= 0.3 is 0 Å². The second-order valence-electron chi connectivity index (χ2n) is 7.68. The molecule has 0 atom stereocenters. The third-order valence-corrected chi connectivity index (χ3v) is 5.23. The monoisotopic (exact) mass is 371 g/mol. The van der Waals surface area contributed by atoms with E-state index in [1.54, 1.807) is 6.07 Å². The van der Waals surface area contributed by atoms with Gasteiger partial charge in [-0.1, -0.05) is 19.9 Å². The highest BCUT2D eigenvalue weighted by atomic mass is 16.3. The number of aromatic nitrogens is 1. The average Bonchev–Trinajstić information content (AvgIpc) is 3.07. The van der Waals surface area contributed by atoms with Crippen LogP contribution in [0.4, 0.5) is 0 Å². The van der Waals surface area contributed by atoms with Crippen LogP contribution in [-0.4, -0.2) is 0 Å². The van der Waals surface area contributed by atoms with Crippen molar-refractivity contribution in [3.63, 3.8) is 0 Å². The molecule has 0 amide bonds. The van der Waals surface area contributed by atoms with Gasteiger partial charge in [0, 0.05) is 32.6 Å². The summed E-state index contributed by atoms with van der Waals surface area (Å²) < 4.78 is 25.4. The van der Waals surface area contributed by atoms with E-state index in [4.69, 9.17) is 7.16 Å². The molecule has 140 valence electrons. The van der Waals surface area contributed by atoms with Gasteiger partial charge in [-0.15, -0.1) is 0 Å². The molecule has 0 unspecified atom stereocenters. The molecule has 0 spiro atoms. The van der Waals surface area contributed by atoms with E-state index >= 15 is 0 Å². The number of fused-ring (bicyclic) bond motifs is 3. The first-order valence-corrected chi connectivity index (χ1v) is 9.52. The van der Waals surface area contributed by atoms with Gasteiger partial charge < -0.3 is 4.42 Å². The Kier molecular flexibility index (Phi) is 3.86. The Labute approximate surface area is 168 Å². The SMILES string of the molecule is [2H]C([2H])(c1cc(C)[n+](C)c(-c2c(C)ccc3oc4ccc(C#N)cc4c23)c1)C(C)C. The van der Waals surface area contributed by atoms with E-state index in [9.17, 15) is 5.26 Å². The van der Waals surface area contributed by atoms with Crippen LogP contribution in [0.25, 0.3) is 33.2 Å². The van der Waals surface area contributed by atoms with Crippen molar-refractivity contribution < 1.29 is 11.7 Å². The Balaban J connectivity index is 2.13. The van der Waals surface area contributed by atoms with Crippen LogP contribution in [0.3, 0.4) is 0 Å². The molecule has 0 aliphatic carbocycles. The first-order chi connectivity index (χ1) is 14.1. The molecule has 0 aliphatic rings. The molecule has 2 aromatic heterocycles. The Morgan fingerprint density at radius 1 is 1.11 bits per heavy atom. The van der Waals surface area contributed by atoms with E-state index in [0.717, 1.165) is 44.5 Å². The van der Waals surface area contributed by atoms with Gasteiger partial charge in [-0.2, -0.15) is 9.83 Å². The van der Waals surface area contributed by atoms with Crippen molar-refractivity contribution in [1.29, 1.82) is 5.26 Å². The maximum absolute atomic E-state index is 9.38. The summed E-state index contributed by atoms with van der Waals surface area (Å²) in [5, 5.41) is 11.2. The molecule has 0 fully saturated rings. The Hall–Kier alpha value is -3.12. The summed E-state index contributed by atoms with van der Waals surface area (Å²) in [6.07, 6.45) is -1.44. The van der Waals surface area contributed by atoms with Crippen LogP contribution < -0.4 is 4.57 Å². The first-order valence-electron chi connectivity index (χ1n) is 10.5. The predicted octanol–water partition coefficient (Wildman–Crippen LogP) is 5.76. The molecule has 2 aromatic carbocycles. The number of benzene rings is 2. The Morgan fingerprint density at radius 2 is 1.86 bits per heavy atom. The van der Waals surface area contributed by atoms with Gasteiger partial charge in [0.2, 0.25) is 5.69 Å². The summed E-state index contributed by atoms with van der Waals surface area (Å²) in [6, 6.07) is 15.6. The van der Waals surface area contributed by atoms with Gasteiger partial charge in [0.1, 0.15) is 18.2 Å². The molecule has 0 N–H and O–H groups in total. The summed E-state index contributed by atoms with van der Waals surface area (Å²) in [5.41, 5.74) is 6.75. The zero-order chi connectivity index (χ0) is 21.8. The fourth-order valence-electron chi connectivity index (χ4n) is 3.83. The number of rotatable bonds is 3. The highest BCUT2D eigenvalue weighted by Gasteiger charge is 2.22. The molecular weight excluding hydrogens is 344 g/mol. The highest BCUT2D eigenvalue weighted by Crippen LogP contribution is 2.38. The number of nitrogens with zero attached hydrogens (tertiary/aromatic N) is 2. The van der Waals surface area contributed by atoms with E-state index in [1.165, 1.54) is 0 Å². The van der Waals surface area contributed by atoms with Gasteiger partial charge in [0.05, 0.1) is 17.2 Å². The molecule has 2 heterocycles. The summed E-state index contributed by atoms with van der Waals surface area (Å²) in [4.78, 5) is 0. The number of nitriles is 1. The van der Waals surface area contributed by atoms with Crippen molar-refractivity contribution >= 4 is 21.9 Å². The van der Waals surface area contributed by atoms with E-state index in [2.05, 4.69) is 17.6 Å². The zero-order valence-electron chi connectivity index (χ0n) is 18.9. The van der Waals surface area contributed by atoms with Crippen LogP contribution >= 0.6 is 0 Å². The molecule has 3 heteroatoms. The van der Waals surface area contributed by atoms with Crippen LogP contribution in [-0.2, 0) is 13.4 Å². The van der Waals surface area contributed by atoms with E-state index in [0.29, 0.717) is 11.1 Å². The topological polar surface area (TPSA) is 40.8 Å². The second-order valence-corrected chi connectivity index (χ2v) is 7.68. The quantitative estimate of drug-likeness (QED) is 0.429. The van der Waals surface area contributed by atoms with Crippen LogP contribution in [0.2, 0.25) is 0 Å². The largest absolute Gasteiger partial charge is 0.456 e. The third-order valence-electron chi connectivity index (χ3n) is 5.23. The number of aryl methyl sites for hydroxylation is 2. The lowest BCUT2D eigenvalue weighted by Gasteiger charge is -2.11. The number of pyridine rings is 1. The fourth-order valence-corrected chi connectivity index (χ4v) is 3.83. The molecular formula is C25H25N2O+. The van der Waals surface area contributed by atoms with Crippen molar-refractivity contribution in [3.8, 4) is 17.3 Å². The summed E-state index contributed by atoms with van der Waals surface area (Å²) >= 11 is 0. The summed E-state index contributed by atoms with van der Waals surface area (Å²) in [6.45, 7) is 7.86. The van der Waals surface area contributed by atoms with E-state index < -0.39 is 6.37 Å². The number of furan rings is 1. The minimum absolute atomic E-state index is 0.151. The van der Waals surface area contributed by atoms with Crippen LogP contribution in [0, 0.1) is 31.1 Å². The Bertz CT molecular complexity index is 1340. The highest BCUT2D eigenvalue weighted by molar-refractivity contribution is 6.12. The molecule has 0 saturated heterocycles. The van der Waals surface area contributed by atoms with E-state index in [-0.39, 0.29) is 5.92 Å². The molecule has 4 aromatic rings. The molecule has 0 radical (unpaired) electrons. The van der Waals surface area contributed by atoms with Crippen molar-refractivity contribution in [2.75, 3.05) is 0 Å². The van der Waals surface area contributed by atoms with Gasteiger partial charge in [-0.25, -0.2) is 0 Å². The lowest BCUT2D eigenvalue weighted by atomic mass is 9.94. The predicted molar refractivity (Wildman–Crippen MR) is 113 cm³/mol. The normalized spacial score (nSPS) is 13.0. The molecule has 28 heavy (non-hydrogen) atoms. The Morgan fingerprint density at radius 3 is 2.57 bits per heavy atom. The van der Waals surface area contributed by atoms with Gasteiger partial charge in [0.15, 0.2) is 5.69 Å². The van der Waals surface area contributed by atoms with Crippen LogP contribution in [0.1, 0.15) is 39.0 Å². The molecule has 0 saturated carbocycles. The maximum Gasteiger partial charge on any atom is 0.213 e. The van der Waals surface area contributed by atoms with Gasteiger partial charge in [-0.3, -0.25) is 0 Å². The lowest BCUT2D eigenvalue weighted by Crippen LogP contribution is -2.35. The van der Waals surface area contributed by atoms with Crippen LogP contribution in [0.5, 0.6) is 0 Å². The fraction of sp³-hybridized carbons (Fsp3) is 0.280. The standard InChI is InChI=1S/C25H25N2O/c1-15(2)10-19-11-17(4)27(5)21(13-19)24-16(3)6-8-23-25(24)20-12-18(14-26)7-9-22(20)28-23/h6-9,11-13,15H,10H2,1-5H3/q+1/i10D2. The zero-order valence-corrected chi connectivity index (χ0v) is 16.9. The lowest BCUT2D eigenvalue weighted by molar-refractivity contribution is -0.666. The third kappa shape index (κ3) is 2.96. The van der Waals surface area contributed by atoms with Gasteiger partial charge in [0.25, 0.3) is 0 Å². The van der Waals surface area contributed by atoms with E-state index in [1.807, 2.05) is 64.2 Å².